The van der Waals surface area contributed by atoms with Gasteiger partial charge in [-0.15, -0.1) is 0 Å². The zero-order valence-corrected chi connectivity index (χ0v) is 21.3. The Morgan fingerprint density at radius 3 is 2.72 bits per heavy atom. The van der Waals surface area contributed by atoms with Gasteiger partial charge in [0.2, 0.25) is 0 Å². The molecule has 0 bridgehead atoms. The van der Waals surface area contributed by atoms with Gasteiger partial charge in [0.1, 0.15) is 17.3 Å². The number of nitrogens with zero attached hydrogens (tertiary/aromatic N) is 3. The number of allylic oxidation sites excluding steroid dienone is 1. The number of rotatable bonds is 5. The summed E-state index contributed by atoms with van der Waals surface area (Å²) < 4.78 is 44.2. The topological polar surface area (TPSA) is 118 Å². The average molecular weight is 544 g/mol. The molecule has 0 unspecified atom stereocenters. The average Bonchev–Trinajstić information content (AvgIpc) is 3.35. The second-order valence-corrected chi connectivity index (χ2v) is 10.9. The van der Waals surface area contributed by atoms with Crippen molar-refractivity contribution in [3.63, 3.8) is 0 Å². The number of carbonyl (C=O) groups is 2. The van der Waals surface area contributed by atoms with E-state index in [1.807, 2.05) is 6.92 Å². The van der Waals surface area contributed by atoms with E-state index in [-0.39, 0.29) is 23.6 Å². The molecule has 1 aromatic heterocycles. The maximum atomic E-state index is 13.6. The highest BCUT2D eigenvalue weighted by atomic mass is 19.4. The molecule has 1 fully saturated rings. The predicted octanol–water partition coefficient (Wildman–Crippen LogP) is 3.15. The number of aliphatic imine (C=N–C) groups is 1. The van der Waals surface area contributed by atoms with Crippen molar-refractivity contribution in [2.45, 2.75) is 69.2 Å². The molecule has 4 aliphatic rings. The van der Waals surface area contributed by atoms with Gasteiger partial charge in [-0.25, -0.2) is 9.67 Å². The van der Waals surface area contributed by atoms with Crippen molar-refractivity contribution < 1.29 is 32.6 Å². The number of carbonyl (C=O) groups excluding carboxylic acids is 2. The number of fused-ring (bicyclic) bond motifs is 3. The van der Waals surface area contributed by atoms with Gasteiger partial charge in [-0.3, -0.25) is 9.59 Å². The maximum absolute atomic E-state index is 13.6. The summed E-state index contributed by atoms with van der Waals surface area (Å²) in [5, 5.41) is 20.8. The second kappa shape index (κ2) is 8.94. The third-order valence-corrected chi connectivity index (χ3v) is 7.86. The van der Waals surface area contributed by atoms with Gasteiger partial charge in [-0.05, 0) is 62.3 Å². The quantitative estimate of drug-likeness (QED) is 0.536. The Morgan fingerprint density at radius 1 is 1.23 bits per heavy atom. The van der Waals surface area contributed by atoms with Gasteiger partial charge in [0.05, 0.1) is 22.4 Å². The van der Waals surface area contributed by atoms with E-state index in [2.05, 4.69) is 15.6 Å². The Hall–Kier alpha value is -3.67. The van der Waals surface area contributed by atoms with E-state index < -0.39 is 35.7 Å². The summed E-state index contributed by atoms with van der Waals surface area (Å²) in [4.78, 5) is 31.5. The lowest BCUT2D eigenvalue weighted by atomic mass is 9.82. The fraction of sp³-hybridized carbons (Fsp3) is 0.481. The number of ether oxygens (including phenoxy) is 1. The zero-order valence-electron chi connectivity index (χ0n) is 21.3. The minimum atomic E-state index is -4.44. The van der Waals surface area contributed by atoms with Crippen LogP contribution in [0.2, 0.25) is 0 Å². The van der Waals surface area contributed by atoms with Gasteiger partial charge in [0.15, 0.2) is 6.61 Å². The van der Waals surface area contributed by atoms with Crippen molar-refractivity contribution in [1.82, 2.24) is 20.4 Å². The van der Waals surface area contributed by atoms with Crippen molar-refractivity contribution in [3.8, 4) is 5.75 Å². The number of aliphatic hydroxyl groups is 1. The summed E-state index contributed by atoms with van der Waals surface area (Å²) in [5.74, 6) is -0.302. The lowest BCUT2D eigenvalue weighted by Gasteiger charge is -2.35. The number of aromatic nitrogens is 2. The molecular formula is C27H28F3N5O4. The van der Waals surface area contributed by atoms with Crippen molar-refractivity contribution in [2.24, 2.45) is 4.99 Å². The minimum absolute atomic E-state index is 0.0783. The molecule has 0 saturated heterocycles. The predicted molar refractivity (Wildman–Crippen MR) is 134 cm³/mol. The number of hydrogen-bond donors (Lipinski definition) is 3. The molecule has 2 aliphatic carbocycles. The van der Waals surface area contributed by atoms with E-state index in [1.165, 1.54) is 10.7 Å². The highest BCUT2D eigenvalue weighted by Gasteiger charge is 2.48. The van der Waals surface area contributed by atoms with E-state index in [0.29, 0.717) is 50.1 Å². The molecular weight excluding hydrogens is 515 g/mol. The first kappa shape index (κ1) is 25.6. The number of benzene rings is 1. The summed E-state index contributed by atoms with van der Waals surface area (Å²) in [6.45, 7) is 0.664. The van der Waals surface area contributed by atoms with Gasteiger partial charge in [0, 0.05) is 25.6 Å². The molecule has 39 heavy (non-hydrogen) atoms. The summed E-state index contributed by atoms with van der Waals surface area (Å²) in [6.07, 6.45) is 1.16. The number of aryl methyl sites for hydroxylation is 1. The maximum Gasteiger partial charge on any atom is 0.422 e. The van der Waals surface area contributed by atoms with E-state index in [9.17, 15) is 27.9 Å². The van der Waals surface area contributed by atoms with E-state index in [0.717, 1.165) is 23.1 Å². The Balaban J connectivity index is 1.34. The van der Waals surface area contributed by atoms with Crippen LogP contribution in [-0.2, 0) is 18.4 Å². The van der Waals surface area contributed by atoms with E-state index in [4.69, 9.17) is 9.84 Å². The van der Waals surface area contributed by atoms with Crippen LogP contribution < -0.4 is 15.4 Å². The molecule has 1 saturated carbocycles. The number of nitrogens with one attached hydrogen (secondary N) is 2. The van der Waals surface area contributed by atoms with Gasteiger partial charge in [-0.1, -0.05) is 11.6 Å². The largest absolute Gasteiger partial charge is 0.484 e. The molecule has 1 spiro atoms. The monoisotopic (exact) mass is 543 g/mol. The molecule has 3 heterocycles. The molecule has 1 aromatic carbocycles. The summed E-state index contributed by atoms with van der Waals surface area (Å²) in [5.41, 5.74) is 1.69. The van der Waals surface area contributed by atoms with Crippen LogP contribution in [0, 0.1) is 0 Å². The summed E-state index contributed by atoms with van der Waals surface area (Å²) in [7, 11) is 0. The molecule has 0 radical (unpaired) electrons. The van der Waals surface area contributed by atoms with Gasteiger partial charge in [-0.2, -0.15) is 18.3 Å². The van der Waals surface area contributed by atoms with Crippen molar-refractivity contribution >= 4 is 17.6 Å². The lowest BCUT2D eigenvalue weighted by molar-refractivity contribution is -0.153. The highest BCUT2D eigenvalue weighted by Crippen LogP contribution is 2.44. The van der Waals surface area contributed by atoms with Crippen molar-refractivity contribution in [2.75, 3.05) is 13.2 Å². The molecule has 12 heteroatoms. The van der Waals surface area contributed by atoms with E-state index >= 15 is 0 Å². The minimum Gasteiger partial charge on any atom is -0.484 e. The molecule has 2 aliphatic heterocycles. The Kier molecular flexibility index (Phi) is 5.87. The first-order valence-corrected chi connectivity index (χ1v) is 13.0. The molecule has 206 valence electrons. The smallest absolute Gasteiger partial charge is 0.422 e. The van der Waals surface area contributed by atoms with Crippen LogP contribution in [0.3, 0.4) is 0 Å². The first-order chi connectivity index (χ1) is 18.5. The number of halogens is 3. The third-order valence-electron chi connectivity index (χ3n) is 7.86. The normalized spacial score (nSPS) is 22.9. The number of amides is 2. The lowest BCUT2D eigenvalue weighted by Crippen LogP contribution is -2.50. The van der Waals surface area contributed by atoms with Crippen LogP contribution in [0.5, 0.6) is 5.75 Å². The molecule has 6 rings (SSSR count). The third kappa shape index (κ3) is 4.81. The zero-order chi connectivity index (χ0) is 27.6. The Morgan fingerprint density at radius 2 is 2.03 bits per heavy atom. The molecule has 3 N–H and O–H groups in total. The van der Waals surface area contributed by atoms with Crippen LogP contribution in [0.15, 0.2) is 35.0 Å². The first-order valence-electron chi connectivity index (χ1n) is 13.0. The fourth-order valence-corrected chi connectivity index (χ4v) is 5.56. The van der Waals surface area contributed by atoms with Crippen LogP contribution >= 0.6 is 0 Å². The number of alkyl halides is 3. The number of hydrogen-bond acceptors (Lipinski definition) is 6. The molecule has 2 aromatic rings. The molecule has 9 nitrogen and oxygen atoms in total. The van der Waals surface area contributed by atoms with Crippen LogP contribution in [0.1, 0.15) is 76.7 Å². The van der Waals surface area contributed by atoms with Gasteiger partial charge in [0.25, 0.3) is 11.8 Å². The summed E-state index contributed by atoms with van der Waals surface area (Å²) in [6, 6.07) is 4.76. The van der Waals surface area contributed by atoms with Crippen LogP contribution in [0.4, 0.5) is 13.2 Å². The van der Waals surface area contributed by atoms with Gasteiger partial charge < -0.3 is 20.5 Å². The fourth-order valence-electron chi connectivity index (χ4n) is 5.56. The summed E-state index contributed by atoms with van der Waals surface area (Å²) >= 11 is 0. The Bertz CT molecular complexity index is 1440. The highest BCUT2D eigenvalue weighted by molar-refractivity contribution is 6.10. The van der Waals surface area contributed by atoms with E-state index in [1.54, 1.807) is 18.3 Å². The van der Waals surface area contributed by atoms with Gasteiger partial charge >= 0.3 is 6.18 Å². The van der Waals surface area contributed by atoms with Crippen molar-refractivity contribution in [3.05, 3.63) is 58.1 Å². The van der Waals surface area contributed by atoms with Crippen molar-refractivity contribution in [1.29, 1.82) is 0 Å². The van der Waals surface area contributed by atoms with Crippen LogP contribution in [0.25, 0.3) is 0 Å². The SMILES string of the molecule is CC1=CN=C(n2nc3c(c2C(=O)NCC2(O)CC2)C(=O)N[C@@]2(CCc4cc(OCC(F)(F)F)ccc42)C3)CC1. The second-order valence-electron chi connectivity index (χ2n) is 10.9. The molecule has 1 atom stereocenters. The standard InChI is InChI=1S/C27H28F3N5O4/c1-15-2-5-20(31-12-15)35-22(24(37)32-13-25(38)8-9-25)21-19(34-35)11-26(33-23(21)36)7-6-16-10-17(3-4-18(16)26)39-14-27(28,29)30/h3-4,10,12,38H,2,5-9,11,13-14H2,1H3,(H,32,37)(H,33,36)/t26-/m0/s1. The molecule has 2 amide bonds. The Labute approximate surface area is 222 Å². The van der Waals surface area contributed by atoms with Crippen LogP contribution in [-0.4, -0.2) is 57.5 Å².